The van der Waals surface area contributed by atoms with Crippen LogP contribution in [-0.2, 0) is 9.53 Å². The average Bonchev–Trinajstić information content (AvgIpc) is 2.39. The third-order valence-corrected chi connectivity index (χ3v) is 3.66. The Bertz CT molecular complexity index is 419. The maximum Gasteiger partial charge on any atom is 0.241 e. The molecule has 0 aromatic heterocycles. The van der Waals surface area contributed by atoms with E-state index in [9.17, 15) is 4.79 Å². The summed E-state index contributed by atoms with van der Waals surface area (Å²) < 4.78 is 6.20. The second kappa shape index (κ2) is 6.31. The molecule has 1 aliphatic rings. The summed E-state index contributed by atoms with van der Waals surface area (Å²) in [4.78, 5) is 12.0. The van der Waals surface area contributed by atoms with E-state index >= 15 is 0 Å². The number of hydrogen-bond donors (Lipinski definition) is 2. The molecular weight excluding hydrogens is 296 g/mol. The maximum atomic E-state index is 12.0. The topological polar surface area (TPSA) is 64.4 Å². The van der Waals surface area contributed by atoms with Crippen molar-refractivity contribution in [3.05, 3.63) is 28.7 Å². The highest BCUT2D eigenvalue weighted by Gasteiger charge is 2.26. The first-order valence-corrected chi connectivity index (χ1v) is 6.86. The molecule has 0 bridgehead atoms. The van der Waals surface area contributed by atoms with E-state index in [1.807, 2.05) is 24.3 Å². The molecule has 1 aromatic rings. The maximum absolute atomic E-state index is 12.0. The molecule has 5 heteroatoms. The molecule has 0 radical (unpaired) electrons. The second-order valence-electron chi connectivity index (χ2n) is 4.48. The number of hydrogen-bond acceptors (Lipinski definition) is 3. The minimum absolute atomic E-state index is 0.125. The largest absolute Gasteiger partial charge is 0.381 e. The SMILES string of the molecule is NC(C(=O)Nc1cccc(Br)c1)C1CCOCC1. The molecule has 1 atom stereocenters. The van der Waals surface area contributed by atoms with Crippen LogP contribution >= 0.6 is 15.9 Å². The van der Waals surface area contributed by atoms with Crippen LogP contribution in [0.2, 0.25) is 0 Å². The molecule has 1 aromatic carbocycles. The number of carbonyl (C=O) groups excluding carboxylic acids is 1. The normalized spacial score (nSPS) is 18.3. The number of halogens is 1. The van der Waals surface area contributed by atoms with Crippen LogP contribution in [0.5, 0.6) is 0 Å². The van der Waals surface area contributed by atoms with Gasteiger partial charge in [0.25, 0.3) is 0 Å². The Labute approximate surface area is 115 Å². The van der Waals surface area contributed by atoms with Gasteiger partial charge in [0.2, 0.25) is 5.91 Å². The molecule has 98 valence electrons. The Balaban J connectivity index is 1.94. The minimum atomic E-state index is -0.465. The molecule has 2 rings (SSSR count). The van der Waals surface area contributed by atoms with Gasteiger partial charge < -0.3 is 15.8 Å². The van der Waals surface area contributed by atoms with E-state index in [4.69, 9.17) is 10.5 Å². The standard InChI is InChI=1S/C13H17BrN2O2/c14-10-2-1-3-11(8-10)16-13(17)12(15)9-4-6-18-7-5-9/h1-3,8-9,12H,4-7,15H2,(H,16,17). The van der Waals surface area contributed by atoms with E-state index in [0.29, 0.717) is 13.2 Å². The zero-order chi connectivity index (χ0) is 13.0. The fourth-order valence-corrected chi connectivity index (χ4v) is 2.48. The predicted octanol–water partition coefficient (Wildman–Crippen LogP) is 2.14. The molecular formula is C13H17BrN2O2. The summed E-state index contributed by atoms with van der Waals surface area (Å²) in [7, 11) is 0. The number of rotatable bonds is 3. The van der Waals surface area contributed by atoms with Crippen molar-refractivity contribution in [3.63, 3.8) is 0 Å². The van der Waals surface area contributed by atoms with Gasteiger partial charge in [-0.2, -0.15) is 0 Å². The van der Waals surface area contributed by atoms with Gasteiger partial charge in [0.05, 0.1) is 6.04 Å². The lowest BCUT2D eigenvalue weighted by Gasteiger charge is -2.26. The van der Waals surface area contributed by atoms with Crippen LogP contribution in [0.1, 0.15) is 12.8 Å². The zero-order valence-electron chi connectivity index (χ0n) is 10.1. The number of nitrogens with one attached hydrogen (secondary N) is 1. The smallest absolute Gasteiger partial charge is 0.241 e. The Kier molecular flexibility index (Phi) is 4.74. The monoisotopic (exact) mass is 312 g/mol. The van der Waals surface area contributed by atoms with Gasteiger partial charge in [-0.1, -0.05) is 22.0 Å². The first kappa shape index (κ1) is 13.5. The van der Waals surface area contributed by atoms with Crippen LogP contribution < -0.4 is 11.1 Å². The number of carbonyl (C=O) groups is 1. The van der Waals surface area contributed by atoms with Gasteiger partial charge in [-0.15, -0.1) is 0 Å². The predicted molar refractivity (Wildman–Crippen MR) is 74.3 cm³/mol. The van der Waals surface area contributed by atoms with Crippen LogP contribution in [0.25, 0.3) is 0 Å². The number of ether oxygens (including phenoxy) is 1. The summed E-state index contributed by atoms with van der Waals surface area (Å²) in [5.74, 6) is 0.0888. The third kappa shape index (κ3) is 3.54. The lowest BCUT2D eigenvalue weighted by molar-refractivity contribution is -0.119. The third-order valence-electron chi connectivity index (χ3n) is 3.17. The molecule has 0 saturated carbocycles. The molecule has 3 N–H and O–H groups in total. The number of benzene rings is 1. The van der Waals surface area contributed by atoms with Crippen LogP contribution in [0.15, 0.2) is 28.7 Å². The van der Waals surface area contributed by atoms with E-state index in [1.54, 1.807) is 0 Å². The molecule has 1 fully saturated rings. The van der Waals surface area contributed by atoms with Gasteiger partial charge in [0, 0.05) is 23.4 Å². The second-order valence-corrected chi connectivity index (χ2v) is 5.39. The summed E-state index contributed by atoms with van der Waals surface area (Å²) in [5, 5.41) is 2.85. The van der Waals surface area contributed by atoms with Crippen LogP contribution in [0.4, 0.5) is 5.69 Å². The van der Waals surface area contributed by atoms with Crippen molar-refractivity contribution in [1.29, 1.82) is 0 Å². The van der Waals surface area contributed by atoms with E-state index in [1.165, 1.54) is 0 Å². The molecule has 1 heterocycles. The van der Waals surface area contributed by atoms with Crippen molar-refractivity contribution in [3.8, 4) is 0 Å². The van der Waals surface area contributed by atoms with Crippen molar-refractivity contribution in [2.45, 2.75) is 18.9 Å². The highest BCUT2D eigenvalue weighted by Crippen LogP contribution is 2.20. The van der Waals surface area contributed by atoms with Crippen molar-refractivity contribution in [1.82, 2.24) is 0 Å². The minimum Gasteiger partial charge on any atom is -0.381 e. The van der Waals surface area contributed by atoms with E-state index in [0.717, 1.165) is 23.0 Å². The summed E-state index contributed by atoms with van der Waals surface area (Å²) >= 11 is 3.37. The summed E-state index contributed by atoms with van der Waals surface area (Å²) in [6.45, 7) is 1.39. The number of amides is 1. The van der Waals surface area contributed by atoms with Gasteiger partial charge in [-0.3, -0.25) is 4.79 Å². The summed E-state index contributed by atoms with van der Waals surface area (Å²) in [6, 6.07) is 7.02. The lowest BCUT2D eigenvalue weighted by atomic mass is 9.92. The molecule has 1 aliphatic heterocycles. The van der Waals surface area contributed by atoms with Crippen LogP contribution in [-0.4, -0.2) is 25.2 Å². The van der Waals surface area contributed by atoms with Gasteiger partial charge in [-0.05, 0) is 37.0 Å². The molecule has 4 nitrogen and oxygen atoms in total. The van der Waals surface area contributed by atoms with Crippen molar-refractivity contribution < 1.29 is 9.53 Å². The van der Waals surface area contributed by atoms with Gasteiger partial charge >= 0.3 is 0 Å². The van der Waals surface area contributed by atoms with Gasteiger partial charge in [-0.25, -0.2) is 0 Å². The van der Waals surface area contributed by atoms with Crippen molar-refractivity contribution >= 4 is 27.5 Å². The summed E-state index contributed by atoms with van der Waals surface area (Å²) in [6.07, 6.45) is 1.71. The molecule has 0 spiro atoms. The fourth-order valence-electron chi connectivity index (χ4n) is 2.08. The van der Waals surface area contributed by atoms with Crippen LogP contribution in [0.3, 0.4) is 0 Å². The van der Waals surface area contributed by atoms with Gasteiger partial charge in [0.15, 0.2) is 0 Å². The lowest BCUT2D eigenvalue weighted by Crippen LogP contribution is -2.43. The highest BCUT2D eigenvalue weighted by molar-refractivity contribution is 9.10. The fraction of sp³-hybridized carbons (Fsp3) is 0.462. The molecule has 1 saturated heterocycles. The zero-order valence-corrected chi connectivity index (χ0v) is 11.7. The van der Waals surface area contributed by atoms with Crippen molar-refractivity contribution in [2.75, 3.05) is 18.5 Å². The van der Waals surface area contributed by atoms with Crippen LogP contribution in [0, 0.1) is 5.92 Å². The number of anilines is 1. The Morgan fingerprint density at radius 1 is 1.44 bits per heavy atom. The first-order valence-electron chi connectivity index (χ1n) is 6.06. The quantitative estimate of drug-likeness (QED) is 0.898. The Hall–Kier alpha value is -0.910. The summed E-state index contributed by atoms with van der Waals surface area (Å²) in [5.41, 5.74) is 6.76. The Morgan fingerprint density at radius 3 is 2.83 bits per heavy atom. The van der Waals surface area contributed by atoms with Crippen molar-refractivity contribution in [2.24, 2.45) is 11.7 Å². The number of nitrogens with two attached hydrogens (primary N) is 1. The molecule has 18 heavy (non-hydrogen) atoms. The highest BCUT2D eigenvalue weighted by atomic mass is 79.9. The van der Waals surface area contributed by atoms with Gasteiger partial charge in [0.1, 0.15) is 0 Å². The molecule has 0 aliphatic carbocycles. The van der Waals surface area contributed by atoms with E-state index < -0.39 is 6.04 Å². The first-order chi connectivity index (χ1) is 8.66. The average molecular weight is 313 g/mol. The van der Waals surface area contributed by atoms with E-state index in [-0.39, 0.29) is 11.8 Å². The Morgan fingerprint density at radius 2 is 2.17 bits per heavy atom. The molecule has 1 amide bonds. The van der Waals surface area contributed by atoms with E-state index in [2.05, 4.69) is 21.2 Å². The molecule has 1 unspecified atom stereocenters.